The van der Waals surface area contributed by atoms with Crippen LogP contribution in [0.4, 0.5) is 5.69 Å². The third kappa shape index (κ3) is 3.85. The van der Waals surface area contributed by atoms with Crippen LogP contribution < -0.4 is 5.32 Å². The van der Waals surface area contributed by atoms with E-state index in [0.717, 1.165) is 11.3 Å². The van der Waals surface area contributed by atoms with Crippen molar-refractivity contribution in [3.8, 4) is 0 Å². The zero-order valence-electron chi connectivity index (χ0n) is 12.9. The lowest BCUT2D eigenvalue weighted by Gasteiger charge is -2.30. The van der Waals surface area contributed by atoms with Crippen LogP contribution in [0.3, 0.4) is 0 Å². The topological polar surface area (TPSA) is 95.9 Å². The van der Waals surface area contributed by atoms with Gasteiger partial charge in [0.2, 0.25) is 0 Å². The van der Waals surface area contributed by atoms with Crippen molar-refractivity contribution < 1.29 is 23.9 Å². The first-order valence-corrected chi connectivity index (χ1v) is 9.28. The molecule has 0 saturated carbocycles. The molecule has 2 atom stereocenters. The van der Waals surface area contributed by atoms with Gasteiger partial charge in [-0.05, 0) is 17.2 Å². The molecule has 1 aliphatic heterocycles. The lowest BCUT2D eigenvalue weighted by Crippen LogP contribution is -2.41. The Balaban J connectivity index is 1.83. The molecule has 7 heteroatoms. The summed E-state index contributed by atoms with van der Waals surface area (Å²) in [5.41, 5.74) is 0.815. The summed E-state index contributed by atoms with van der Waals surface area (Å²) >= 11 is 0. The molecule has 2 aromatic carbocycles. The van der Waals surface area contributed by atoms with Gasteiger partial charge in [0.1, 0.15) is 0 Å². The minimum atomic E-state index is -4.04. The molecule has 3 N–H and O–H groups in total. The van der Waals surface area contributed by atoms with Gasteiger partial charge < -0.3 is 15.3 Å². The predicted octanol–water partition coefficient (Wildman–Crippen LogP) is 3.23. The van der Waals surface area contributed by atoms with Gasteiger partial charge in [-0.25, -0.2) is 0 Å². The van der Waals surface area contributed by atoms with Gasteiger partial charge in [-0.2, -0.15) is 0 Å². The Hall–Kier alpha value is -2.14. The van der Waals surface area contributed by atoms with Gasteiger partial charge in [-0.3, -0.25) is 13.9 Å². The maximum absolute atomic E-state index is 12.6. The quantitative estimate of drug-likeness (QED) is 0.695. The first kappa shape index (κ1) is 16.7. The van der Waals surface area contributed by atoms with Crippen molar-refractivity contribution in [3.05, 3.63) is 65.7 Å². The number of para-hydroxylation sites is 1. The molecule has 6 nitrogen and oxygen atoms in total. The number of rotatable bonds is 6. The monoisotopic (exact) mass is 347 g/mol. The third-order valence-corrected chi connectivity index (χ3v) is 5.23. The summed E-state index contributed by atoms with van der Waals surface area (Å²) in [7, 11) is -4.04. The number of hydrogen-bond acceptors (Lipinski definition) is 4. The van der Waals surface area contributed by atoms with E-state index >= 15 is 0 Å². The molecule has 3 rings (SSSR count). The number of aliphatic carboxylic acids is 1. The van der Waals surface area contributed by atoms with Gasteiger partial charge in [-0.1, -0.05) is 48.5 Å². The van der Waals surface area contributed by atoms with Gasteiger partial charge >= 0.3 is 13.6 Å². The second-order valence-corrected chi connectivity index (χ2v) is 7.67. The summed E-state index contributed by atoms with van der Waals surface area (Å²) in [5.74, 6) is -1.10. The van der Waals surface area contributed by atoms with Crippen LogP contribution in [-0.4, -0.2) is 21.7 Å². The first-order valence-electron chi connectivity index (χ1n) is 7.52. The van der Waals surface area contributed by atoms with E-state index in [2.05, 4.69) is 5.32 Å². The van der Waals surface area contributed by atoms with Crippen molar-refractivity contribution >= 4 is 19.3 Å². The molecule has 1 aliphatic rings. The van der Waals surface area contributed by atoms with Crippen LogP contribution in [0.15, 0.2) is 54.6 Å². The Kier molecular flexibility index (Phi) is 4.45. The molecule has 0 aliphatic carbocycles. The van der Waals surface area contributed by atoms with E-state index in [1.165, 1.54) is 0 Å². The van der Waals surface area contributed by atoms with Crippen molar-refractivity contribution in [2.45, 2.75) is 24.7 Å². The van der Waals surface area contributed by atoms with E-state index < -0.39 is 25.7 Å². The molecule has 2 aromatic rings. The number of benzene rings is 2. The lowest BCUT2D eigenvalue weighted by atomic mass is 10.0. The van der Waals surface area contributed by atoms with E-state index in [-0.39, 0.29) is 12.6 Å². The Morgan fingerprint density at radius 1 is 1.17 bits per heavy atom. The van der Waals surface area contributed by atoms with E-state index in [0.29, 0.717) is 5.56 Å². The zero-order chi connectivity index (χ0) is 17.2. The fraction of sp³-hybridized carbons (Fsp3) is 0.235. The molecule has 0 aromatic heterocycles. The summed E-state index contributed by atoms with van der Waals surface area (Å²) < 4.78 is 18.1. The number of carboxylic acids is 1. The van der Waals surface area contributed by atoms with Crippen LogP contribution in [0, 0.1) is 0 Å². The third-order valence-electron chi connectivity index (χ3n) is 3.84. The van der Waals surface area contributed by atoms with Gasteiger partial charge in [0.05, 0.1) is 12.6 Å². The summed E-state index contributed by atoms with van der Waals surface area (Å²) in [6, 6.07) is 16.1. The molecule has 0 radical (unpaired) electrons. The van der Waals surface area contributed by atoms with Crippen LogP contribution in [-0.2, 0) is 26.5 Å². The van der Waals surface area contributed by atoms with Crippen molar-refractivity contribution in [1.82, 2.24) is 0 Å². The van der Waals surface area contributed by atoms with Crippen molar-refractivity contribution in [1.29, 1.82) is 0 Å². The Morgan fingerprint density at radius 2 is 1.83 bits per heavy atom. The van der Waals surface area contributed by atoms with E-state index in [4.69, 9.17) is 4.52 Å². The largest absolute Gasteiger partial charge is 0.481 e. The highest BCUT2D eigenvalue weighted by Gasteiger charge is 2.44. The molecule has 1 heterocycles. The molecule has 0 saturated heterocycles. The Morgan fingerprint density at radius 3 is 2.50 bits per heavy atom. The molecule has 2 unspecified atom stereocenters. The van der Waals surface area contributed by atoms with Crippen LogP contribution >= 0.6 is 7.60 Å². The average molecular weight is 347 g/mol. The molecule has 0 spiro atoms. The molecule has 0 bridgehead atoms. The first-order chi connectivity index (χ1) is 11.4. The van der Waals surface area contributed by atoms with Crippen molar-refractivity contribution in [2.75, 3.05) is 5.32 Å². The fourth-order valence-electron chi connectivity index (χ4n) is 2.95. The van der Waals surface area contributed by atoms with Crippen LogP contribution in [0.1, 0.15) is 17.5 Å². The van der Waals surface area contributed by atoms with Crippen LogP contribution in [0.25, 0.3) is 0 Å². The summed E-state index contributed by atoms with van der Waals surface area (Å²) in [5, 5.41) is 12.2. The number of anilines is 1. The van der Waals surface area contributed by atoms with E-state index in [1.54, 1.807) is 30.3 Å². The highest BCUT2D eigenvalue weighted by Crippen LogP contribution is 2.52. The second-order valence-electron chi connectivity index (χ2n) is 5.90. The van der Waals surface area contributed by atoms with Crippen LogP contribution in [0.2, 0.25) is 0 Å². The molecule has 0 fully saturated rings. The van der Waals surface area contributed by atoms with Crippen molar-refractivity contribution in [2.24, 2.45) is 0 Å². The van der Waals surface area contributed by atoms with E-state index in [9.17, 15) is 19.4 Å². The molecular weight excluding hydrogens is 329 g/mol. The zero-order valence-corrected chi connectivity index (χ0v) is 13.8. The molecule has 0 amide bonds. The molecular formula is C17H18NO5P. The maximum atomic E-state index is 12.6. The van der Waals surface area contributed by atoms with Crippen molar-refractivity contribution in [3.63, 3.8) is 0 Å². The van der Waals surface area contributed by atoms with Crippen LogP contribution in [0.5, 0.6) is 0 Å². The maximum Gasteiger partial charge on any atom is 0.334 e. The predicted molar refractivity (Wildman–Crippen MR) is 89.8 cm³/mol. The molecule has 24 heavy (non-hydrogen) atoms. The SMILES string of the molecule is O=C(O)CC1(OP(=O)(O)Cc2ccccc2)Cc2ccccc2N1. The summed E-state index contributed by atoms with van der Waals surface area (Å²) in [4.78, 5) is 21.6. The Labute approximate surface area is 139 Å². The number of fused-ring (bicyclic) bond motifs is 1. The fourth-order valence-corrected chi connectivity index (χ4v) is 4.41. The van der Waals surface area contributed by atoms with Gasteiger partial charge in [0, 0.05) is 12.1 Å². The summed E-state index contributed by atoms with van der Waals surface area (Å²) in [6.07, 6.45) is -0.372. The number of hydrogen-bond donors (Lipinski definition) is 3. The average Bonchev–Trinajstić information content (AvgIpc) is 2.83. The number of carboxylic acid groups (broad SMARTS) is 1. The molecule has 126 valence electrons. The lowest BCUT2D eigenvalue weighted by molar-refractivity contribution is -0.140. The van der Waals surface area contributed by atoms with Gasteiger partial charge in [0.15, 0.2) is 5.72 Å². The second kappa shape index (κ2) is 6.40. The normalized spacial score (nSPS) is 21.5. The number of carbonyl (C=O) groups is 1. The number of nitrogens with one attached hydrogen (secondary N) is 1. The van der Waals surface area contributed by atoms with E-state index in [1.807, 2.05) is 24.3 Å². The van der Waals surface area contributed by atoms with Gasteiger partial charge in [0.25, 0.3) is 0 Å². The van der Waals surface area contributed by atoms with Gasteiger partial charge in [-0.15, -0.1) is 0 Å². The minimum absolute atomic E-state index is 0.173. The minimum Gasteiger partial charge on any atom is -0.481 e. The Bertz CT molecular complexity index is 768. The standard InChI is InChI=1S/C17H18NO5P/c19-16(20)11-17(10-14-8-4-5-9-15(14)18-17)23-24(21,22)12-13-6-2-1-3-7-13/h1-9,18H,10-12H2,(H,19,20)(H,21,22). The summed E-state index contributed by atoms with van der Waals surface area (Å²) in [6.45, 7) is 0. The highest BCUT2D eigenvalue weighted by molar-refractivity contribution is 7.52. The smallest absolute Gasteiger partial charge is 0.334 e. The highest BCUT2D eigenvalue weighted by atomic mass is 31.2.